The minimum Gasteiger partial charge on any atom is -0.378 e. The monoisotopic (exact) mass is 473 g/mol. The van der Waals surface area contributed by atoms with E-state index in [1.807, 2.05) is 4.90 Å². The third kappa shape index (κ3) is 3.50. The maximum Gasteiger partial charge on any atom is 0.278 e. The van der Waals surface area contributed by atoms with Crippen LogP contribution in [0.25, 0.3) is 10.8 Å². The number of aromatic nitrogens is 1. The van der Waals surface area contributed by atoms with Crippen LogP contribution in [-0.2, 0) is 14.8 Å². The molecule has 32 heavy (non-hydrogen) atoms. The molecule has 0 bridgehead atoms. The highest BCUT2D eigenvalue weighted by Gasteiger charge is 2.27. The predicted molar refractivity (Wildman–Crippen MR) is 120 cm³/mol. The summed E-state index contributed by atoms with van der Waals surface area (Å²) in [7, 11) is -4.10. The molecule has 2 aromatic carbocycles. The highest BCUT2D eigenvalue weighted by atomic mass is 32.2. The molecule has 0 radical (unpaired) electrons. The van der Waals surface area contributed by atoms with Gasteiger partial charge >= 0.3 is 0 Å². The van der Waals surface area contributed by atoms with Gasteiger partial charge in [0.1, 0.15) is 4.88 Å². The van der Waals surface area contributed by atoms with Crippen molar-refractivity contribution in [1.82, 2.24) is 15.2 Å². The first-order chi connectivity index (χ1) is 15.3. The largest absolute Gasteiger partial charge is 0.378 e. The number of ether oxygens (including phenoxy) is 1. The van der Waals surface area contributed by atoms with Crippen LogP contribution in [-0.4, -0.2) is 51.5 Å². The van der Waals surface area contributed by atoms with Crippen molar-refractivity contribution < 1.29 is 22.7 Å². The molecule has 3 N–H and O–H groups in total. The number of amides is 2. The van der Waals surface area contributed by atoms with E-state index >= 15 is 0 Å². The molecular weight excluding hydrogens is 454 g/mol. The zero-order valence-corrected chi connectivity index (χ0v) is 18.6. The molecule has 2 amide bonds. The number of thiazole rings is 1. The van der Waals surface area contributed by atoms with Crippen molar-refractivity contribution in [3.05, 3.63) is 46.5 Å². The van der Waals surface area contributed by atoms with Crippen molar-refractivity contribution in [3.63, 3.8) is 0 Å². The fourth-order valence-corrected chi connectivity index (χ4v) is 5.86. The second kappa shape index (κ2) is 7.81. The molecule has 5 rings (SSSR count). The minimum absolute atomic E-state index is 0.0371. The number of morpholine rings is 1. The van der Waals surface area contributed by atoms with Crippen LogP contribution in [0.4, 0.5) is 10.8 Å². The zero-order chi connectivity index (χ0) is 22.5. The van der Waals surface area contributed by atoms with Gasteiger partial charge in [-0.3, -0.25) is 15.0 Å². The van der Waals surface area contributed by atoms with Gasteiger partial charge in [-0.1, -0.05) is 23.5 Å². The minimum atomic E-state index is -4.10. The standard InChI is InChI=1S/C20H19N5O5S2/c1-11-17(31-20(21-11)25-7-9-30-10-8-25)19(27)23-24-32(28,29)15-6-5-14-16-12(15)3-2-4-13(16)18(26)22-14/h2-6,24H,7-10H2,1H3,(H,22,26)(H,23,27). The summed E-state index contributed by atoms with van der Waals surface area (Å²) in [4.78, 5) is 33.7. The molecule has 0 aliphatic carbocycles. The van der Waals surface area contributed by atoms with Crippen molar-refractivity contribution in [2.45, 2.75) is 11.8 Å². The van der Waals surface area contributed by atoms with Crippen molar-refractivity contribution in [2.24, 2.45) is 0 Å². The van der Waals surface area contributed by atoms with Crippen molar-refractivity contribution in [1.29, 1.82) is 0 Å². The molecule has 0 atom stereocenters. The van der Waals surface area contributed by atoms with E-state index in [-0.39, 0.29) is 10.8 Å². The summed E-state index contributed by atoms with van der Waals surface area (Å²) in [6, 6.07) is 7.82. The number of carbonyl (C=O) groups is 2. The van der Waals surface area contributed by atoms with Gasteiger partial charge in [0.25, 0.3) is 21.8 Å². The lowest BCUT2D eigenvalue weighted by molar-refractivity contribution is 0.0947. The van der Waals surface area contributed by atoms with E-state index in [0.29, 0.717) is 64.0 Å². The molecule has 1 saturated heterocycles. The van der Waals surface area contributed by atoms with Gasteiger partial charge in [0, 0.05) is 35.1 Å². The number of hydrogen-bond acceptors (Lipinski definition) is 8. The lowest BCUT2D eigenvalue weighted by Crippen LogP contribution is -2.41. The van der Waals surface area contributed by atoms with Crippen LogP contribution in [0.5, 0.6) is 0 Å². The van der Waals surface area contributed by atoms with Gasteiger partial charge in [0.15, 0.2) is 5.13 Å². The van der Waals surface area contributed by atoms with Gasteiger partial charge in [0.2, 0.25) is 0 Å². The highest BCUT2D eigenvalue weighted by Crippen LogP contribution is 2.36. The Morgan fingerprint density at radius 2 is 2.00 bits per heavy atom. The number of hydrogen-bond donors (Lipinski definition) is 3. The van der Waals surface area contributed by atoms with Crippen molar-refractivity contribution in [3.8, 4) is 0 Å². The number of aryl methyl sites for hydroxylation is 1. The Kier molecular flexibility index (Phi) is 5.08. The number of nitrogens with one attached hydrogen (secondary N) is 3. The number of nitrogens with zero attached hydrogens (tertiary/aromatic N) is 2. The maximum atomic E-state index is 13.0. The average Bonchev–Trinajstić information content (AvgIpc) is 3.34. The highest BCUT2D eigenvalue weighted by molar-refractivity contribution is 7.89. The molecule has 0 unspecified atom stereocenters. The fourth-order valence-electron chi connectivity index (χ4n) is 3.81. The quantitative estimate of drug-likeness (QED) is 0.480. The van der Waals surface area contributed by atoms with E-state index < -0.39 is 15.9 Å². The van der Waals surface area contributed by atoms with Crippen LogP contribution in [0.1, 0.15) is 25.7 Å². The van der Waals surface area contributed by atoms with Gasteiger partial charge in [-0.15, -0.1) is 4.83 Å². The van der Waals surface area contributed by atoms with E-state index in [1.165, 1.54) is 23.5 Å². The third-order valence-corrected chi connectivity index (χ3v) is 7.88. The Bertz CT molecular complexity index is 1360. The summed E-state index contributed by atoms with van der Waals surface area (Å²) < 4.78 is 31.3. The Balaban J connectivity index is 1.38. The van der Waals surface area contributed by atoms with E-state index in [4.69, 9.17) is 4.74 Å². The lowest BCUT2D eigenvalue weighted by atomic mass is 10.1. The van der Waals surface area contributed by atoms with E-state index in [0.717, 1.165) is 0 Å². The molecule has 2 aliphatic rings. The Labute approximate surface area is 187 Å². The summed E-state index contributed by atoms with van der Waals surface area (Å²) in [5, 5.41) is 4.35. The summed E-state index contributed by atoms with van der Waals surface area (Å²) >= 11 is 1.20. The molecule has 10 nitrogen and oxygen atoms in total. The molecule has 0 saturated carbocycles. The van der Waals surface area contributed by atoms with Crippen LogP contribution >= 0.6 is 11.3 Å². The van der Waals surface area contributed by atoms with Crippen LogP contribution in [0.15, 0.2) is 35.2 Å². The number of benzene rings is 2. The van der Waals surface area contributed by atoms with E-state index in [1.54, 1.807) is 25.1 Å². The predicted octanol–water partition coefficient (Wildman–Crippen LogP) is 1.63. The van der Waals surface area contributed by atoms with Gasteiger partial charge in [-0.25, -0.2) is 13.4 Å². The van der Waals surface area contributed by atoms with Crippen LogP contribution in [0.2, 0.25) is 0 Å². The van der Waals surface area contributed by atoms with Crippen LogP contribution in [0, 0.1) is 6.92 Å². The van der Waals surface area contributed by atoms with Gasteiger partial charge in [0.05, 0.1) is 23.8 Å². The molecular formula is C20H19N5O5S2. The second-order valence-electron chi connectivity index (χ2n) is 7.36. The van der Waals surface area contributed by atoms with E-state index in [2.05, 4.69) is 20.6 Å². The maximum absolute atomic E-state index is 13.0. The number of sulfonamides is 1. The first kappa shape index (κ1) is 20.8. The SMILES string of the molecule is Cc1nc(N2CCOCC2)sc1C(=O)NNS(=O)(=O)c1ccc2c3c(cccc13)C(=O)N2. The molecule has 3 heterocycles. The Morgan fingerprint density at radius 1 is 1.22 bits per heavy atom. The molecule has 1 aromatic heterocycles. The molecule has 12 heteroatoms. The third-order valence-electron chi connectivity index (χ3n) is 5.36. The molecule has 166 valence electrons. The molecule has 3 aromatic rings. The first-order valence-electron chi connectivity index (χ1n) is 9.84. The summed E-state index contributed by atoms with van der Waals surface area (Å²) in [6.45, 7) is 4.26. The summed E-state index contributed by atoms with van der Waals surface area (Å²) in [6.07, 6.45) is 0. The molecule has 0 spiro atoms. The molecule has 1 fully saturated rings. The topological polar surface area (TPSA) is 130 Å². The van der Waals surface area contributed by atoms with Gasteiger partial charge in [-0.05, 0) is 25.1 Å². The Hall–Kier alpha value is -3.06. The van der Waals surface area contributed by atoms with Gasteiger partial charge in [-0.2, -0.15) is 0 Å². The smallest absolute Gasteiger partial charge is 0.278 e. The fraction of sp³-hybridized carbons (Fsp3) is 0.250. The van der Waals surface area contributed by atoms with E-state index in [9.17, 15) is 18.0 Å². The number of hydrazine groups is 1. The van der Waals surface area contributed by atoms with Crippen LogP contribution in [0.3, 0.4) is 0 Å². The normalized spacial score (nSPS) is 15.8. The number of anilines is 2. The average molecular weight is 474 g/mol. The molecule has 2 aliphatic heterocycles. The summed E-state index contributed by atoms with van der Waals surface area (Å²) in [5.74, 6) is -0.871. The number of rotatable bonds is 5. The number of carbonyl (C=O) groups excluding carboxylic acids is 2. The lowest BCUT2D eigenvalue weighted by Gasteiger charge is -2.25. The van der Waals surface area contributed by atoms with Crippen molar-refractivity contribution >= 4 is 54.8 Å². The Morgan fingerprint density at radius 3 is 2.78 bits per heavy atom. The summed E-state index contributed by atoms with van der Waals surface area (Å²) in [5.41, 5.74) is 3.76. The van der Waals surface area contributed by atoms with Crippen LogP contribution < -0.4 is 20.5 Å². The first-order valence-corrected chi connectivity index (χ1v) is 12.1. The second-order valence-corrected chi connectivity index (χ2v) is 9.99. The zero-order valence-electron chi connectivity index (χ0n) is 17.0. The van der Waals surface area contributed by atoms with Crippen molar-refractivity contribution in [2.75, 3.05) is 36.5 Å². The van der Waals surface area contributed by atoms with Gasteiger partial charge < -0.3 is 15.0 Å².